The highest BCUT2D eigenvalue weighted by Crippen LogP contribution is 2.27. The molecule has 0 fully saturated rings. The summed E-state index contributed by atoms with van der Waals surface area (Å²) in [6.07, 6.45) is -9.77. The average molecular weight is 372 g/mol. The third-order valence-electron chi connectivity index (χ3n) is 2.57. The van der Waals surface area contributed by atoms with Gasteiger partial charge in [-0.3, -0.25) is 4.74 Å². The Labute approximate surface area is 141 Å². The number of aliphatic hydroxyl groups is 2. The predicted molar refractivity (Wildman–Crippen MR) is 77.6 cm³/mol. The molecule has 0 aliphatic heterocycles. The number of ether oxygens (including phenoxy) is 4. The van der Waals surface area contributed by atoms with Crippen molar-refractivity contribution in [2.45, 2.75) is 18.3 Å². The van der Waals surface area contributed by atoms with Gasteiger partial charge >= 0.3 is 12.2 Å². The van der Waals surface area contributed by atoms with Gasteiger partial charge < -0.3 is 24.4 Å². The van der Waals surface area contributed by atoms with Gasteiger partial charge in [0, 0.05) is 0 Å². The first-order valence-corrected chi connectivity index (χ1v) is 7.32. The molecule has 2 N–H and O–H groups in total. The quantitative estimate of drug-likeness (QED) is 0.405. The maximum Gasteiger partial charge on any atom is 0.383 e. The molecule has 0 aliphatic carbocycles. The summed E-state index contributed by atoms with van der Waals surface area (Å²) in [5.41, 5.74) is 0. The minimum atomic E-state index is -4.29. The molecular weight excluding hydrogens is 352 g/mol. The van der Waals surface area contributed by atoms with Crippen molar-refractivity contribution in [3.05, 3.63) is 30.3 Å². The second-order valence-electron chi connectivity index (χ2n) is 4.95. The average Bonchev–Trinajstić information content (AvgIpc) is 2.53. The Morgan fingerprint density at radius 1 is 0.920 bits per heavy atom. The Morgan fingerprint density at radius 2 is 1.52 bits per heavy atom. The van der Waals surface area contributed by atoms with Gasteiger partial charge in [-0.2, -0.15) is 17.6 Å². The van der Waals surface area contributed by atoms with Crippen LogP contribution in [0, 0.1) is 0 Å². The predicted octanol–water partition coefficient (Wildman–Crippen LogP) is 1.65. The molecule has 1 rings (SSSR count). The first-order chi connectivity index (χ1) is 11.7. The summed E-state index contributed by atoms with van der Waals surface area (Å²) in [5, 5.41) is 17.9. The highest BCUT2D eigenvalue weighted by molar-refractivity contribution is 5.20. The molecule has 6 nitrogen and oxygen atoms in total. The lowest BCUT2D eigenvalue weighted by Gasteiger charge is -2.23. The van der Waals surface area contributed by atoms with Gasteiger partial charge in [0.15, 0.2) is 0 Å². The fraction of sp³-hybridized carbons (Fsp3) is 0.600. The Bertz CT molecular complexity index is 474. The third kappa shape index (κ3) is 10.2. The second kappa shape index (κ2) is 10.5. The van der Waals surface area contributed by atoms with E-state index in [0.717, 1.165) is 0 Å². The zero-order chi connectivity index (χ0) is 18.8. The van der Waals surface area contributed by atoms with Crippen LogP contribution >= 0.6 is 0 Å². The van der Waals surface area contributed by atoms with Gasteiger partial charge in [-0.05, 0) is 12.1 Å². The standard InChI is InChI=1S/C15H20F4O6/c16-14(17,10-22-7-6-20)25-15(18,19)11-23-8-12(21)9-24-13-4-2-1-3-5-13/h1-5,12,20-21H,6-11H2. The number of halogens is 4. The fourth-order valence-electron chi connectivity index (χ4n) is 1.60. The molecule has 0 aromatic heterocycles. The number of hydrogen-bond donors (Lipinski definition) is 2. The second-order valence-corrected chi connectivity index (χ2v) is 4.95. The minimum Gasteiger partial charge on any atom is -0.491 e. The van der Waals surface area contributed by atoms with Crippen LogP contribution in [0.5, 0.6) is 5.75 Å². The van der Waals surface area contributed by atoms with Crippen molar-refractivity contribution in [3.8, 4) is 5.75 Å². The zero-order valence-corrected chi connectivity index (χ0v) is 13.2. The van der Waals surface area contributed by atoms with E-state index in [1.54, 1.807) is 30.3 Å². The molecule has 0 amide bonds. The van der Waals surface area contributed by atoms with Gasteiger partial charge in [-0.15, -0.1) is 0 Å². The van der Waals surface area contributed by atoms with Gasteiger partial charge in [-0.1, -0.05) is 18.2 Å². The molecule has 1 atom stereocenters. The smallest absolute Gasteiger partial charge is 0.383 e. The summed E-state index contributed by atoms with van der Waals surface area (Å²) in [6.45, 7) is -4.66. The van der Waals surface area contributed by atoms with E-state index in [2.05, 4.69) is 14.2 Å². The summed E-state index contributed by atoms with van der Waals surface area (Å²) < 4.78 is 70.1. The van der Waals surface area contributed by atoms with Crippen LogP contribution in [0.25, 0.3) is 0 Å². The normalized spacial score (nSPS) is 13.7. The van der Waals surface area contributed by atoms with Gasteiger partial charge in [-0.25, -0.2) is 0 Å². The molecule has 1 aromatic carbocycles. The first kappa shape index (κ1) is 21.6. The zero-order valence-electron chi connectivity index (χ0n) is 13.2. The summed E-state index contributed by atoms with van der Waals surface area (Å²) >= 11 is 0. The van der Waals surface area contributed by atoms with Crippen LogP contribution in [0.2, 0.25) is 0 Å². The Balaban J connectivity index is 2.25. The van der Waals surface area contributed by atoms with Crippen LogP contribution in [0.1, 0.15) is 0 Å². The lowest BCUT2D eigenvalue weighted by Crippen LogP contribution is -2.40. The number of hydrogen-bond acceptors (Lipinski definition) is 6. The Kier molecular flexibility index (Phi) is 9.08. The highest BCUT2D eigenvalue weighted by atomic mass is 19.3. The highest BCUT2D eigenvalue weighted by Gasteiger charge is 2.44. The fourth-order valence-corrected chi connectivity index (χ4v) is 1.60. The molecule has 10 heteroatoms. The Hall–Kier alpha value is -1.46. The summed E-state index contributed by atoms with van der Waals surface area (Å²) in [6, 6.07) is 8.45. The minimum absolute atomic E-state index is 0.221. The van der Waals surface area contributed by atoms with E-state index in [1.807, 2.05) is 0 Å². The molecule has 0 saturated carbocycles. The van der Waals surface area contributed by atoms with E-state index in [9.17, 15) is 22.7 Å². The van der Waals surface area contributed by atoms with E-state index in [-0.39, 0.29) is 6.61 Å². The molecule has 25 heavy (non-hydrogen) atoms. The SMILES string of the molecule is OCCOCC(F)(F)OC(F)(F)COCC(O)COc1ccccc1. The van der Waals surface area contributed by atoms with Gasteiger partial charge in [0.05, 0.1) is 19.8 Å². The van der Waals surface area contributed by atoms with Gasteiger partial charge in [0.2, 0.25) is 0 Å². The lowest BCUT2D eigenvalue weighted by atomic mass is 10.3. The van der Waals surface area contributed by atoms with E-state index in [1.165, 1.54) is 0 Å². The summed E-state index contributed by atoms with van der Waals surface area (Å²) in [5.74, 6) is 0.470. The first-order valence-electron chi connectivity index (χ1n) is 7.32. The molecule has 144 valence electrons. The van der Waals surface area contributed by atoms with Crippen molar-refractivity contribution in [1.82, 2.24) is 0 Å². The number of alkyl halides is 4. The van der Waals surface area contributed by atoms with Crippen LogP contribution in [0.3, 0.4) is 0 Å². The van der Waals surface area contributed by atoms with Crippen LogP contribution in [0.15, 0.2) is 30.3 Å². The maximum atomic E-state index is 13.3. The monoisotopic (exact) mass is 372 g/mol. The van der Waals surface area contributed by atoms with Crippen LogP contribution < -0.4 is 4.74 Å². The van der Waals surface area contributed by atoms with Crippen LogP contribution in [0.4, 0.5) is 17.6 Å². The summed E-state index contributed by atoms with van der Waals surface area (Å²) in [7, 11) is 0. The van der Waals surface area contributed by atoms with Gasteiger partial charge in [0.1, 0.15) is 31.7 Å². The molecule has 0 bridgehead atoms. The lowest BCUT2D eigenvalue weighted by molar-refractivity contribution is -0.394. The van der Waals surface area contributed by atoms with Crippen molar-refractivity contribution >= 4 is 0 Å². The van der Waals surface area contributed by atoms with Crippen molar-refractivity contribution in [2.24, 2.45) is 0 Å². The largest absolute Gasteiger partial charge is 0.491 e. The van der Waals surface area contributed by atoms with Crippen molar-refractivity contribution in [2.75, 3.05) is 39.6 Å². The Morgan fingerprint density at radius 3 is 2.12 bits per heavy atom. The number of para-hydroxylation sites is 1. The van der Waals surface area contributed by atoms with Crippen molar-refractivity contribution in [1.29, 1.82) is 0 Å². The number of rotatable bonds is 13. The number of benzene rings is 1. The maximum absolute atomic E-state index is 13.3. The molecule has 1 aromatic rings. The third-order valence-corrected chi connectivity index (χ3v) is 2.57. The van der Waals surface area contributed by atoms with Crippen LogP contribution in [-0.2, 0) is 14.2 Å². The van der Waals surface area contributed by atoms with E-state index in [0.29, 0.717) is 5.75 Å². The number of aliphatic hydroxyl groups excluding tert-OH is 2. The topological polar surface area (TPSA) is 77.4 Å². The molecule has 0 heterocycles. The molecule has 0 saturated heterocycles. The molecule has 1 unspecified atom stereocenters. The summed E-state index contributed by atoms with van der Waals surface area (Å²) in [4.78, 5) is 0. The molecular formula is C15H20F4O6. The van der Waals surface area contributed by atoms with Gasteiger partial charge in [0.25, 0.3) is 0 Å². The van der Waals surface area contributed by atoms with E-state index < -0.39 is 51.4 Å². The van der Waals surface area contributed by atoms with E-state index in [4.69, 9.17) is 9.84 Å². The van der Waals surface area contributed by atoms with Crippen molar-refractivity contribution < 1.29 is 46.7 Å². The molecule has 0 radical (unpaired) electrons. The van der Waals surface area contributed by atoms with E-state index >= 15 is 0 Å². The van der Waals surface area contributed by atoms with Crippen LogP contribution in [-0.4, -0.2) is 68.2 Å². The molecule has 0 spiro atoms. The van der Waals surface area contributed by atoms with Crippen molar-refractivity contribution in [3.63, 3.8) is 0 Å². The molecule has 0 aliphatic rings.